The monoisotopic (exact) mass is 306 g/mol. The van der Waals surface area contributed by atoms with E-state index in [-0.39, 0.29) is 24.6 Å². The number of amides is 1. The van der Waals surface area contributed by atoms with Gasteiger partial charge in [-0.1, -0.05) is 26.0 Å². The number of anilines is 1. The minimum atomic E-state index is 0.0141. The van der Waals surface area contributed by atoms with Crippen LogP contribution in [0.5, 0.6) is 0 Å². The number of hydrogen-bond acceptors (Lipinski definition) is 3. The average molecular weight is 306 g/mol. The minimum Gasteiger partial charge on any atom is -0.396 e. The fourth-order valence-electron chi connectivity index (χ4n) is 2.54. The number of carbonyl (C=O) groups is 1. The quantitative estimate of drug-likeness (QED) is 0.692. The molecule has 3 N–H and O–H groups in total. The van der Waals surface area contributed by atoms with Gasteiger partial charge in [-0.25, -0.2) is 0 Å². The number of hydrogen-bond donors (Lipinski definition) is 3. The Hall–Kier alpha value is -1.39. The number of benzene rings is 1. The molecule has 1 aromatic carbocycles. The number of rotatable bonds is 8. The highest BCUT2D eigenvalue weighted by Crippen LogP contribution is 2.18. The summed E-state index contributed by atoms with van der Waals surface area (Å²) in [6, 6.07) is 6.23. The first kappa shape index (κ1) is 18.7. The molecule has 2 unspecified atom stereocenters. The maximum atomic E-state index is 12.2. The number of carbonyl (C=O) groups excluding carboxylic acids is 1. The maximum absolute atomic E-state index is 12.2. The van der Waals surface area contributed by atoms with Crippen LogP contribution in [0.25, 0.3) is 0 Å². The van der Waals surface area contributed by atoms with Gasteiger partial charge in [0.05, 0.1) is 0 Å². The first-order chi connectivity index (χ1) is 10.3. The van der Waals surface area contributed by atoms with Crippen LogP contribution in [-0.4, -0.2) is 29.7 Å². The number of nitrogens with one attached hydrogen (secondary N) is 2. The highest BCUT2D eigenvalue weighted by atomic mass is 16.3. The van der Waals surface area contributed by atoms with E-state index in [0.717, 1.165) is 11.3 Å². The summed E-state index contributed by atoms with van der Waals surface area (Å²) in [4.78, 5) is 12.2. The van der Waals surface area contributed by atoms with E-state index in [1.165, 1.54) is 5.56 Å². The lowest BCUT2D eigenvalue weighted by Gasteiger charge is -2.25. The molecule has 0 spiro atoms. The van der Waals surface area contributed by atoms with Crippen LogP contribution in [-0.2, 0) is 4.79 Å². The van der Waals surface area contributed by atoms with Crippen LogP contribution in [0.15, 0.2) is 18.2 Å². The Morgan fingerprint density at radius 2 is 1.91 bits per heavy atom. The molecule has 1 amide bonds. The van der Waals surface area contributed by atoms with E-state index in [0.29, 0.717) is 18.8 Å². The summed E-state index contributed by atoms with van der Waals surface area (Å²) in [5, 5.41) is 15.5. The van der Waals surface area contributed by atoms with Gasteiger partial charge in [0.2, 0.25) is 5.91 Å². The van der Waals surface area contributed by atoms with Gasteiger partial charge in [0.1, 0.15) is 0 Å². The molecule has 2 atom stereocenters. The predicted molar refractivity (Wildman–Crippen MR) is 92.1 cm³/mol. The SMILES string of the molecule is Cc1cccc(NC(=O)CC(C)NC(CCO)C(C)C)c1C. The van der Waals surface area contributed by atoms with Crippen molar-refractivity contribution in [2.45, 2.75) is 59.5 Å². The van der Waals surface area contributed by atoms with E-state index in [2.05, 4.69) is 24.5 Å². The molecule has 0 saturated carbocycles. The number of aryl methyl sites for hydroxylation is 1. The summed E-state index contributed by atoms with van der Waals surface area (Å²) in [6.45, 7) is 10.5. The zero-order valence-electron chi connectivity index (χ0n) is 14.4. The molecule has 0 saturated heterocycles. The third kappa shape index (κ3) is 5.78. The topological polar surface area (TPSA) is 61.4 Å². The highest BCUT2D eigenvalue weighted by molar-refractivity contribution is 5.92. The maximum Gasteiger partial charge on any atom is 0.225 e. The zero-order chi connectivity index (χ0) is 16.7. The van der Waals surface area contributed by atoms with Crippen LogP contribution >= 0.6 is 0 Å². The van der Waals surface area contributed by atoms with E-state index in [1.54, 1.807) is 0 Å². The molecule has 1 rings (SSSR count). The van der Waals surface area contributed by atoms with E-state index >= 15 is 0 Å². The Morgan fingerprint density at radius 3 is 2.50 bits per heavy atom. The zero-order valence-corrected chi connectivity index (χ0v) is 14.4. The van der Waals surface area contributed by atoms with Crippen LogP contribution in [0.2, 0.25) is 0 Å². The van der Waals surface area contributed by atoms with Gasteiger partial charge in [0.15, 0.2) is 0 Å². The van der Waals surface area contributed by atoms with Crippen LogP contribution in [0.1, 0.15) is 44.7 Å². The third-order valence-corrected chi connectivity index (χ3v) is 4.11. The van der Waals surface area contributed by atoms with Gasteiger partial charge in [0, 0.05) is 30.8 Å². The van der Waals surface area contributed by atoms with Gasteiger partial charge < -0.3 is 15.7 Å². The Balaban J connectivity index is 2.55. The van der Waals surface area contributed by atoms with Crippen LogP contribution in [0.4, 0.5) is 5.69 Å². The van der Waals surface area contributed by atoms with Crippen LogP contribution in [0.3, 0.4) is 0 Å². The minimum absolute atomic E-state index is 0.0141. The highest BCUT2D eigenvalue weighted by Gasteiger charge is 2.17. The Kier molecular flexibility index (Phi) is 7.56. The second-order valence-corrected chi connectivity index (χ2v) is 6.43. The summed E-state index contributed by atoms with van der Waals surface area (Å²) < 4.78 is 0. The van der Waals surface area contributed by atoms with Gasteiger partial charge in [0.25, 0.3) is 0 Å². The van der Waals surface area contributed by atoms with Crippen molar-refractivity contribution < 1.29 is 9.90 Å². The second kappa shape index (κ2) is 8.91. The van der Waals surface area contributed by atoms with Gasteiger partial charge in [-0.2, -0.15) is 0 Å². The molecule has 1 aromatic rings. The molecule has 0 bridgehead atoms. The molecule has 22 heavy (non-hydrogen) atoms. The van der Waals surface area contributed by atoms with E-state index < -0.39 is 0 Å². The molecule has 0 radical (unpaired) electrons. The summed E-state index contributed by atoms with van der Waals surface area (Å²) >= 11 is 0. The normalized spacial score (nSPS) is 14.0. The average Bonchev–Trinajstić information content (AvgIpc) is 2.43. The van der Waals surface area contributed by atoms with E-state index in [9.17, 15) is 4.79 Å². The van der Waals surface area contributed by atoms with Gasteiger partial charge >= 0.3 is 0 Å². The van der Waals surface area contributed by atoms with Crippen LogP contribution < -0.4 is 10.6 Å². The number of aliphatic hydroxyl groups excluding tert-OH is 1. The molecule has 0 aliphatic rings. The standard InChI is InChI=1S/C18H30N2O2/c1-12(2)16(9-10-21)19-14(4)11-18(22)20-17-8-6-7-13(3)15(17)5/h6-8,12,14,16,19,21H,9-11H2,1-5H3,(H,20,22). The molecule has 4 nitrogen and oxygen atoms in total. The lowest BCUT2D eigenvalue weighted by atomic mass is 10.00. The van der Waals surface area contributed by atoms with Gasteiger partial charge in [-0.15, -0.1) is 0 Å². The first-order valence-electron chi connectivity index (χ1n) is 8.08. The van der Waals surface area contributed by atoms with Gasteiger partial charge in [-0.3, -0.25) is 4.79 Å². The fourth-order valence-corrected chi connectivity index (χ4v) is 2.54. The fraction of sp³-hybridized carbons (Fsp3) is 0.611. The Bertz CT molecular complexity index is 486. The molecule has 0 aliphatic carbocycles. The van der Waals surface area contributed by atoms with Crippen LogP contribution in [0, 0.1) is 19.8 Å². The van der Waals surface area contributed by atoms with Crippen molar-refractivity contribution in [3.8, 4) is 0 Å². The molecular formula is C18H30N2O2. The van der Waals surface area contributed by atoms with E-state index in [4.69, 9.17) is 5.11 Å². The van der Waals surface area contributed by atoms with Crippen molar-refractivity contribution in [1.82, 2.24) is 5.32 Å². The Labute approximate surface area is 134 Å². The summed E-state index contributed by atoms with van der Waals surface area (Å²) in [5.74, 6) is 0.442. The second-order valence-electron chi connectivity index (χ2n) is 6.43. The summed E-state index contributed by atoms with van der Waals surface area (Å²) in [5.41, 5.74) is 3.16. The van der Waals surface area contributed by atoms with Crippen molar-refractivity contribution >= 4 is 11.6 Å². The predicted octanol–water partition coefficient (Wildman–Crippen LogP) is 3.02. The molecular weight excluding hydrogens is 276 g/mol. The molecule has 0 fully saturated rings. The number of aliphatic hydroxyl groups is 1. The smallest absolute Gasteiger partial charge is 0.225 e. The van der Waals surface area contributed by atoms with Gasteiger partial charge in [-0.05, 0) is 50.3 Å². The molecule has 0 heterocycles. The van der Waals surface area contributed by atoms with Crippen molar-refractivity contribution in [2.75, 3.05) is 11.9 Å². The molecule has 124 valence electrons. The molecule has 0 aromatic heterocycles. The lowest BCUT2D eigenvalue weighted by molar-refractivity contribution is -0.116. The molecule has 0 aliphatic heterocycles. The third-order valence-electron chi connectivity index (χ3n) is 4.11. The Morgan fingerprint density at radius 1 is 1.23 bits per heavy atom. The summed E-state index contributed by atoms with van der Waals surface area (Å²) in [7, 11) is 0. The first-order valence-corrected chi connectivity index (χ1v) is 8.08. The van der Waals surface area contributed by atoms with Crippen molar-refractivity contribution in [2.24, 2.45) is 5.92 Å². The van der Waals surface area contributed by atoms with Crippen molar-refractivity contribution in [3.63, 3.8) is 0 Å². The van der Waals surface area contributed by atoms with Crippen molar-refractivity contribution in [3.05, 3.63) is 29.3 Å². The molecule has 4 heteroatoms. The van der Waals surface area contributed by atoms with E-state index in [1.807, 2.05) is 39.0 Å². The summed E-state index contributed by atoms with van der Waals surface area (Å²) in [6.07, 6.45) is 1.13. The largest absolute Gasteiger partial charge is 0.396 e. The lowest BCUT2D eigenvalue weighted by Crippen LogP contribution is -2.42. The van der Waals surface area contributed by atoms with Crippen molar-refractivity contribution in [1.29, 1.82) is 0 Å².